The van der Waals surface area contributed by atoms with Crippen LogP contribution in [0.15, 0.2) is 123 Å². The van der Waals surface area contributed by atoms with Gasteiger partial charge in [-0.3, -0.25) is 15.0 Å². The quantitative estimate of drug-likeness (QED) is 0.156. The Bertz CT molecular complexity index is 5100. The Morgan fingerprint density at radius 3 is 1.37 bits per heavy atom. The summed E-state index contributed by atoms with van der Waals surface area (Å²) in [5.41, 5.74) is 3.11. The molecule has 38 heteroatoms. The highest BCUT2D eigenvalue weighted by Gasteiger charge is 2.74. The van der Waals surface area contributed by atoms with E-state index in [1.807, 2.05) is 0 Å². The summed E-state index contributed by atoms with van der Waals surface area (Å²) in [6.45, 7) is 6.91. The highest BCUT2D eigenvalue weighted by molar-refractivity contribution is 5.59. The van der Waals surface area contributed by atoms with Gasteiger partial charge in [0, 0.05) is 30.3 Å². The molecule has 0 aliphatic carbocycles. The zero-order valence-corrected chi connectivity index (χ0v) is 45.6. The Kier molecular flexibility index (Phi) is 10.4. The number of pyridine rings is 2. The lowest BCUT2D eigenvalue weighted by Crippen LogP contribution is -2.77. The molecule has 3 atom stereocenters. The summed E-state index contributed by atoms with van der Waals surface area (Å²) in [4.78, 5) is 28.3. The SMILES string of the molecule is Cc1c[n+]2c(cn1)-c1nc(C)nn1C21n2nc(C(F)(F)F)cc2-c2cncc[n+]21.Cc1cc2n(n1)C1(n3nc(C(F)(F)F)nc3-c3cncc[n+]31)[n+]1ccc(C(F)(F)F)cc1-2.Cc1cc2n(n1)C1(n3nc(C(F)(F)F)nc3-c3cncc[n+]31)[n+]1ccc(F)cc1-2. The van der Waals surface area contributed by atoms with Gasteiger partial charge in [0.25, 0.3) is 34.4 Å². The Hall–Kier alpha value is -11.2. The number of aryl methyl sites for hydroxylation is 4. The van der Waals surface area contributed by atoms with Gasteiger partial charge < -0.3 is 0 Å². The topological polar surface area (TPSA) is 220 Å². The summed E-state index contributed by atoms with van der Waals surface area (Å²) < 4.78 is 193. The molecule has 18 heterocycles. The lowest BCUT2D eigenvalue weighted by Gasteiger charge is -2.16. The van der Waals surface area contributed by atoms with Crippen molar-refractivity contribution >= 4 is 0 Å². The standard InChI is InChI=1S/C18H10F6N8.C17H10F4N8.C17H12F3N9/c1-9-6-12-11-7-10(16(19,20)21)2-4-29(11)18(31(12)27-9)30-5-3-25-8-13(30)14-26-15(17(22,23)24)28-32(14)18;1-9-6-12-11-7-10(18)2-4-26(11)17(28(12)24-9)27-5-3-22-8-13(27)14-23-15(16(19,20)21)25-29(14)17;1-9-8-27-13(7-22-9)15-23-10(2)24-29(15)17(27)26-4-3-21-6-12(26)11-5-14(16(18,19)20)25-28(11)17/h2-8H,1H3;2-8H,1H3;3-8H,1-2H3/q3*+2. The van der Waals surface area contributed by atoms with E-state index in [9.17, 15) is 57.1 Å². The first-order valence-electron chi connectivity index (χ1n) is 26.4. The molecule has 0 N–H and O–H groups in total. The van der Waals surface area contributed by atoms with Crippen molar-refractivity contribution in [3.05, 3.63) is 175 Å². The zero-order chi connectivity index (χ0) is 62.9. The van der Waals surface area contributed by atoms with Crippen LogP contribution in [0.2, 0.25) is 0 Å². The minimum atomic E-state index is -4.83. The molecular formula is C52H32F13N25+6. The molecule has 0 aromatic carbocycles. The molecule has 0 saturated heterocycles. The predicted octanol–water partition coefficient (Wildman–Crippen LogP) is 3.70. The summed E-state index contributed by atoms with van der Waals surface area (Å²) >= 11 is 0. The molecule has 3 spiro atoms. The molecular weight excluding hydrogens is 1220 g/mol. The van der Waals surface area contributed by atoms with E-state index in [1.165, 1.54) is 78.7 Å². The third-order valence-corrected chi connectivity index (χ3v) is 15.7. The second-order valence-electron chi connectivity index (χ2n) is 21.1. The van der Waals surface area contributed by atoms with Crippen molar-refractivity contribution in [2.45, 2.75) is 70.1 Å². The summed E-state index contributed by atoms with van der Waals surface area (Å²) in [7, 11) is 0. The molecule has 0 bridgehead atoms. The smallest absolute Gasteiger partial charge is 0.251 e. The van der Waals surface area contributed by atoms with Gasteiger partial charge in [-0.1, -0.05) is 41.4 Å². The van der Waals surface area contributed by atoms with Crippen LogP contribution in [-0.4, -0.2) is 93.6 Å². The molecule has 0 fully saturated rings. The van der Waals surface area contributed by atoms with E-state index < -0.39 is 71.2 Å². The summed E-state index contributed by atoms with van der Waals surface area (Å²) in [5.74, 6) is -6.94. The Morgan fingerprint density at radius 2 is 0.833 bits per heavy atom. The van der Waals surface area contributed by atoms with E-state index in [2.05, 4.69) is 65.5 Å². The number of rotatable bonds is 0. The van der Waals surface area contributed by atoms with Gasteiger partial charge >= 0.3 is 42.4 Å². The van der Waals surface area contributed by atoms with Gasteiger partial charge in [-0.15, -0.1) is 29.3 Å². The van der Waals surface area contributed by atoms with Crippen LogP contribution < -0.4 is 27.4 Å². The minimum Gasteiger partial charge on any atom is -0.251 e. The normalized spacial score (nSPS) is 18.6. The summed E-state index contributed by atoms with van der Waals surface area (Å²) in [6, 6.07) is 8.64. The molecule has 12 aromatic heterocycles. The maximum atomic E-state index is 14.0. The number of halogens is 13. The molecule has 0 amide bonds. The lowest BCUT2D eigenvalue weighted by atomic mass is 10.2. The van der Waals surface area contributed by atoms with Gasteiger partial charge in [-0.05, 0) is 39.8 Å². The van der Waals surface area contributed by atoms with Gasteiger partial charge in [0.2, 0.25) is 35.1 Å². The van der Waals surface area contributed by atoms with Crippen molar-refractivity contribution in [3.8, 4) is 68.7 Å². The highest BCUT2D eigenvalue weighted by Crippen LogP contribution is 2.44. The van der Waals surface area contributed by atoms with Gasteiger partial charge in [0.1, 0.15) is 53.5 Å². The van der Waals surface area contributed by atoms with Gasteiger partial charge in [0.15, 0.2) is 42.4 Å². The average molecular weight is 1250 g/mol. The second-order valence-corrected chi connectivity index (χ2v) is 21.1. The van der Waals surface area contributed by atoms with E-state index in [0.717, 1.165) is 33.8 Å². The summed E-state index contributed by atoms with van der Waals surface area (Å²) in [5, 5.41) is 24.9. The van der Waals surface area contributed by atoms with Gasteiger partial charge in [0.05, 0.1) is 35.5 Å². The Balaban J connectivity index is 0.000000108. The Morgan fingerprint density at radius 1 is 0.389 bits per heavy atom. The van der Waals surface area contributed by atoms with Crippen LogP contribution in [0, 0.1) is 33.5 Å². The van der Waals surface area contributed by atoms with Crippen LogP contribution in [0.1, 0.15) is 45.8 Å². The molecule has 6 aliphatic rings. The van der Waals surface area contributed by atoms with Crippen molar-refractivity contribution in [1.82, 2.24) is 93.6 Å². The first-order valence-corrected chi connectivity index (χ1v) is 26.4. The first kappa shape index (κ1) is 54.2. The van der Waals surface area contributed by atoms with Crippen LogP contribution in [0.25, 0.3) is 68.7 Å². The van der Waals surface area contributed by atoms with Crippen molar-refractivity contribution in [2.75, 3.05) is 0 Å². The molecule has 450 valence electrons. The van der Waals surface area contributed by atoms with E-state index in [0.29, 0.717) is 57.2 Å². The maximum Gasteiger partial charge on any atom is 0.584 e. The van der Waals surface area contributed by atoms with E-state index in [4.69, 9.17) is 0 Å². The monoisotopic (exact) mass is 1250 g/mol. The maximum absolute atomic E-state index is 14.0. The van der Waals surface area contributed by atoms with Crippen molar-refractivity contribution < 1.29 is 84.5 Å². The molecule has 3 unspecified atom stereocenters. The fourth-order valence-corrected chi connectivity index (χ4v) is 12.4. The number of fused-ring (bicyclic) bond motifs is 30. The fraction of sp³-hybridized carbons (Fsp3) is 0.212. The van der Waals surface area contributed by atoms with Crippen LogP contribution in [0.3, 0.4) is 0 Å². The molecule has 0 radical (unpaired) electrons. The zero-order valence-electron chi connectivity index (χ0n) is 45.6. The molecule has 0 saturated carbocycles. The van der Waals surface area contributed by atoms with Crippen molar-refractivity contribution in [2.24, 2.45) is 0 Å². The number of alkyl halides is 12. The Labute approximate surface area is 490 Å². The molecule has 18 rings (SSSR count). The number of hydrogen-bond donors (Lipinski definition) is 0. The van der Waals surface area contributed by atoms with Crippen LogP contribution >= 0.6 is 0 Å². The number of nitrogens with zero attached hydrogens (tertiary/aromatic N) is 25. The van der Waals surface area contributed by atoms with Crippen LogP contribution in [0.4, 0.5) is 57.1 Å². The van der Waals surface area contributed by atoms with E-state index >= 15 is 0 Å². The molecule has 25 nitrogen and oxygen atoms in total. The largest absolute Gasteiger partial charge is 0.584 e. The highest BCUT2D eigenvalue weighted by atomic mass is 19.4. The number of hydrogen-bond acceptors (Lipinski definition) is 13. The predicted molar refractivity (Wildman–Crippen MR) is 263 cm³/mol. The molecule has 90 heavy (non-hydrogen) atoms. The van der Waals surface area contributed by atoms with Gasteiger partial charge in [-0.2, -0.15) is 77.9 Å². The third-order valence-electron chi connectivity index (χ3n) is 15.7. The van der Waals surface area contributed by atoms with Gasteiger partial charge in [-0.25, -0.2) is 14.4 Å². The average Bonchev–Trinajstić information content (AvgIpc) is 1.52. The molecule has 12 aromatic rings. The third kappa shape index (κ3) is 6.90. The van der Waals surface area contributed by atoms with Crippen LogP contribution in [0.5, 0.6) is 0 Å². The lowest BCUT2D eigenvalue weighted by molar-refractivity contribution is -0.991. The van der Waals surface area contributed by atoms with E-state index in [1.54, 1.807) is 93.8 Å². The number of aromatic nitrogens is 25. The van der Waals surface area contributed by atoms with Crippen molar-refractivity contribution in [3.63, 3.8) is 0 Å². The second kappa shape index (κ2) is 17.3. The minimum absolute atomic E-state index is 0.0193. The molecule has 6 aliphatic heterocycles. The summed E-state index contributed by atoms with van der Waals surface area (Å²) in [6.07, 6.45) is 0.717. The fourth-order valence-electron chi connectivity index (χ4n) is 12.4. The van der Waals surface area contributed by atoms with E-state index in [-0.39, 0.29) is 34.4 Å². The first-order chi connectivity index (χ1) is 42.7. The van der Waals surface area contributed by atoms with Crippen molar-refractivity contribution in [1.29, 1.82) is 0 Å². The van der Waals surface area contributed by atoms with Crippen LogP contribution in [-0.2, 0) is 42.4 Å².